The first kappa shape index (κ1) is 37.0. The molecule has 2 aliphatic rings. The molecule has 1 saturated carbocycles. The third kappa shape index (κ3) is 10.6. The Morgan fingerprint density at radius 2 is 2.06 bits per heavy atom. The summed E-state index contributed by atoms with van der Waals surface area (Å²) in [6.07, 6.45) is 19.8. The van der Waals surface area contributed by atoms with Gasteiger partial charge in [0.15, 0.2) is 17.3 Å². The molecule has 6 atom stereocenters. The van der Waals surface area contributed by atoms with Crippen molar-refractivity contribution < 1.29 is 42.7 Å². The number of aromatic nitrogens is 1. The van der Waals surface area contributed by atoms with Gasteiger partial charge < -0.3 is 29.2 Å². The van der Waals surface area contributed by atoms with Gasteiger partial charge in [-0.3, -0.25) is 9.78 Å². The molecule has 1 saturated heterocycles. The van der Waals surface area contributed by atoms with Crippen LogP contribution in [0.25, 0.3) is 0 Å². The van der Waals surface area contributed by atoms with Crippen molar-refractivity contribution in [3.8, 4) is 36.2 Å². The fraction of sp³-hybridized carbons (Fsp3) is 0.526. The van der Waals surface area contributed by atoms with E-state index >= 15 is 0 Å². The number of aliphatic hydroxyl groups is 2. The lowest BCUT2D eigenvalue weighted by atomic mass is 9.86. The monoisotopic (exact) mass is 665 g/mol. The molecule has 2 aromatic rings. The molecule has 258 valence electrons. The van der Waals surface area contributed by atoms with E-state index in [9.17, 15) is 23.8 Å². The molecule has 10 heteroatoms. The van der Waals surface area contributed by atoms with E-state index < -0.39 is 23.8 Å². The van der Waals surface area contributed by atoms with Gasteiger partial charge in [-0.1, -0.05) is 18.1 Å². The summed E-state index contributed by atoms with van der Waals surface area (Å²) in [6, 6.07) is 2.88. The third-order valence-electron chi connectivity index (χ3n) is 9.01. The molecule has 1 aliphatic carbocycles. The number of carbonyl (C=O) groups excluding carboxylic acids is 1. The minimum Gasteiger partial charge on any atom is -0.487 e. The van der Waals surface area contributed by atoms with Gasteiger partial charge in [0.2, 0.25) is 0 Å². The number of unbranched alkanes of at least 4 members (excludes halogenated alkanes) is 1. The number of fused-ring (bicyclic) bond motifs is 1. The zero-order valence-corrected chi connectivity index (χ0v) is 27.4. The van der Waals surface area contributed by atoms with Crippen LogP contribution in [0.1, 0.15) is 68.2 Å². The highest BCUT2D eigenvalue weighted by Crippen LogP contribution is 2.42. The van der Waals surface area contributed by atoms with Gasteiger partial charge in [0.25, 0.3) is 0 Å². The predicted octanol–water partition coefficient (Wildman–Crippen LogP) is 5.64. The number of carbonyl (C=O) groups is 1. The van der Waals surface area contributed by atoms with Crippen molar-refractivity contribution in [1.82, 2.24) is 4.98 Å². The average Bonchev–Trinajstić information content (AvgIpc) is 3.23. The van der Waals surface area contributed by atoms with Crippen molar-refractivity contribution in [2.24, 2.45) is 17.8 Å². The number of hydrogen-bond acceptors (Lipinski definition) is 8. The first-order chi connectivity index (χ1) is 23.2. The Morgan fingerprint density at radius 1 is 1.23 bits per heavy atom. The molecule has 0 amide bonds. The quantitative estimate of drug-likeness (QED) is 0.103. The van der Waals surface area contributed by atoms with Crippen LogP contribution in [0, 0.1) is 61.0 Å². The van der Waals surface area contributed by atoms with E-state index in [0.717, 1.165) is 55.0 Å². The largest absolute Gasteiger partial charge is 0.487 e. The van der Waals surface area contributed by atoms with E-state index in [-0.39, 0.29) is 61.8 Å². The average molecular weight is 666 g/mol. The number of aliphatic hydroxyl groups excluding tert-OH is 2. The fourth-order valence-corrected chi connectivity index (χ4v) is 6.51. The van der Waals surface area contributed by atoms with Gasteiger partial charge in [-0.05, 0) is 69.4 Å². The maximum Gasteiger partial charge on any atom is 0.311 e. The molecule has 1 aromatic carbocycles. The normalized spacial score (nSPS) is 22.8. The number of pyridine rings is 1. The van der Waals surface area contributed by atoms with Crippen molar-refractivity contribution in [3.63, 3.8) is 0 Å². The standard InChI is InChI=1S/C38H45F2NO7/c1-4-6-7-10-30-27(23-45-18-5-2)21-41-25(3)38(30)48-37(44)11-8-9-26-12-15-32-31(34(43)20-35(32)46-22-26)16-14-29(42)24-47-36-19-28(39)13-17-33(36)40/h1-2,13-14,16-17,19,21,26,29,31-32,34-35,42-43H,6-12,15,18,20,22-24H2,3H3/b16-14+/t26-,29+,31+,32+,34+,35-/m0/s1. The number of esters is 1. The summed E-state index contributed by atoms with van der Waals surface area (Å²) in [6.45, 7) is 2.51. The molecule has 1 aromatic heterocycles. The molecule has 0 unspecified atom stereocenters. The van der Waals surface area contributed by atoms with E-state index in [0.29, 0.717) is 43.7 Å². The fourth-order valence-electron chi connectivity index (χ4n) is 6.51. The second-order valence-corrected chi connectivity index (χ2v) is 12.5. The van der Waals surface area contributed by atoms with E-state index in [1.807, 2.05) is 0 Å². The molecular formula is C38H45F2NO7. The summed E-state index contributed by atoms with van der Waals surface area (Å²) in [5.74, 6) is 3.70. The molecule has 2 heterocycles. The third-order valence-corrected chi connectivity index (χ3v) is 9.01. The Bertz CT molecular complexity index is 1480. The number of benzene rings is 1. The second-order valence-electron chi connectivity index (χ2n) is 12.5. The Kier molecular flexibility index (Phi) is 14.4. The second kappa shape index (κ2) is 18.7. The number of rotatable bonds is 16. The topological polar surface area (TPSA) is 107 Å². The van der Waals surface area contributed by atoms with Gasteiger partial charge in [-0.2, -0.15) is 0 Å². The Morgan fingerprint density at radius 3 is 2.85 bits per heavy atom. The molecule has 4 rings (SSSR count). The van der Waals surface area contributed by atoms with Crippen molar-refractivity contribution in [2.45, 2.75) is 89.6 Å². The zero-order chi connectivity index (χ0) is 34.5. The first-order valence-corrected chi connectivity index (χ1v) is 16.6. The molecule has 2 N–H and O–H groups in total. The van der Waals surface area contributed by atoms with Crippen LogP contribution in [0.5, 0.6) is 11.5 Å². The van der Waals surface area contributed by atoms with Crippen LogP contribution in [-0.2, 0) is 27.3 Å². The highest BCUT2D eigenvalue weighted by Gasteiger charge is 2.43. The zero-order valence-electron chi connectivity index (χ0n) is 27.4. The lowest BCUT2D eigenvalue weighted by Crippen LogP contribution is -2.22. The maximum atomic E-state index is 13.8. The molecule has 8 nitrogen and oxygen atoms in total. The van der Waals surface area contributed by atoms with E-state index in [1.165, 1.54) is 6.08 Å². The highest BCUT2D eigenvalue weighted by atomic mass is 19.1. The smallest absolute Gasteiger partial charge is 0.311 e. The molecule has 0 spiro atoms. The Labute approximate surface area is 281 Å². The van der Waals surface area contributed by atoms with Gasteiger partial charge in [0, 0.05) is 55.2 Å². The van der Waals surface area contributed by atoms with E-state index in [4.69, 9.17) is 31.8 Å². The SMILES string of the molecule is C#CCCCc1c(COCC#C)cnc(C)c1OC(=O)CCC[C@H]1CC[C@@H]2[C@@H](/C=C/[C@@H](O)COc3cc(F)ccc3F)[C@H](O)C[C@@H]2OC1. The minimum absolute atomic E-state index is 0.0697. The van der Waals surface area contributed by atoms with Crippen LogP contribution in [0.2, 0.25) is 0 Å². The summed E-state index contributed by atoms with van der Waals surface area (Å²) in [5, 5.41) is 21.1. The molecule has 1 aliphatic heterocycles. The van der Waals surface area contributed by atoms with Crippen LogP contribution < -0.4 is 9.47 Å². The first-order valence-electron chi connectivity index (χ1n) is 16.6. The maximum absolute atomic E-state index is 13.8. The van der Waals surface area contributed by atoms with Crippen LogP contribution in [-0.4, -0.2) is 59.3 Å². The molecule has 48 heavy (non-hydrogen) atoms. The molecule has 0 bridgehead atoms. The summed E-state index contributed by atoms with van der Waals surface area (Å²) in [5.41, 5.74) is 2.30. The summed E-state index contributed by atoms with van der Waals surface area (Å²) >= 11 is 0. The van der Waals surface area contributed by atoms with Gasteiger partial charge in [-0.25, -0.2) is 8.78 Å². The van der Waals surface area contributed by atoms with Gasteiger partial charge in [-0.15, -0.1) is 18.8 Å². The predicted molar refractivity (Wildman–Crippen MR) is 176 cm³/mol. The summed E-state index contributed by atoms with van der Waals surface area (Å²) in [4.78, 5) is 17.4. The number of aryl methyl sites for hydroxylation is 1. The van der Waals surface area contributed by atoms with Crippen molar-refractivity contribution >= 4 is 5.97 Å². The van der Waals surface area contributed by atoms with E-state index in [2.05, 4.69) is 16.8 Å². The lowest BCUT2D eigenvalue weighted by molar-refractivity contribution is -0.134. The number of ether oxygens (including phenoxy) is 4. The molecular weight excluding hydrogens is 620 g/mol. The van der Waals surface area contributed by atoms with Gasteiger partial charge in [0.1, 0.15) is 25.1 Å². The lowest BCUT2D eigenvalue weighted by Gasteiger charge is -2.21. The minimum atomic E-state index is -1.07. The number of halogens is 2. The summed E-state index contributed by atoms with van der Waals surface area (Å²) < 4.78 is 50.1. The number of nitrogens with zero attached hydrogens (tertiary/aromatic N) is 1. The van der Waals surface area contributed by atoms with Crippen molar-refractivity contribution in [1.29, 1.82) is 0 Å². The number of hydrogen-bond donors (Lipinski definition) is 2. The molecule has 2 fully saturated rings. The van der Waals surface area contributed by atoms with Crippen LogP contribution >= 0.6 is 0 Å². The van der Waals surface area contributed by atoms with Gasteiger partial charge in [0.05, 0.1) is 24.5 Å². The van der Waals surface area contributed by atoms with Crippen molar-refractivity contribution in [2.75, 3.05) is 19.8 Å². The highest BCUT2D eigenvalue weighted by molar-refractivity contribution is 5.73. The number of terminal acetylenes is 2. The van der Waals surface area contributed by atoms with E-state index in [1.54, 1.807) is 19.2 Å². The Balaban J connectivity index is 1.26. The Hall–Kier alpha value is -3.80. The summed E-state index contributed by atoms with van der Waals surface area (Å²) in [7, 11) is 0. The van der Waals surface area contributed by atoms with Crippen molar-refractivity contribution in [3.05, 3.63) is 65.0 Å². The van der Waals surface area contributed by atoms with Crippen LogP contribution in [0.3, 0.4) is 0 Å². The van der Waals surface area contributed by atoms with Gasteiger partial charge >= 0.3 is 5.97 Å². The van der Waals surface area contributed by atoms with Crippen LogP contribution in [0.4, 0.5) is 8.78 Å². The van der Waals surface area contributed by atoms with Crippen LogP contribution in [0.15, 0.2) is 36.5 Å². The molecule has 0 radical (unpaired) electrons.